The van der Waals surface area contributed by atoms with E-state index in [1.807, 2.05) is 6.07 Å². The molecular formula is C26H17BrF3N3O6S. The molecule has 3 amide bonds. The number of alkyl halides is 3. The Bertz CT molecular complexity index is 1580. The molecule has 3 aromatic carbocycles. The molecule has 1 aliphatic heterocycles. The maximum atomic E-state index is 13.0. The zero-order valence-corrected chi connectivity index (χ0v) is 22.7. The van der Waals surface area contributed by atoms with E-state index in [4.69, 9.17) is 4.74 Å². The number of nitro benzene ring substituents is 1. The number of amides is 3. The topological polar surface area (TPSA) is 119 Å². The molecule has 0 atom stereocenters. The number of para-hydroxylation sites is 1. The first-order chi connectivity index (χ1) is 18.8. The van der Waals surface area contributed by atoms with Gasteiger partial charge in [-0.3, -0.25) is 29.4 Å². The number of nitrogens with one attached hydrogen (secondary N) is 1. The molecule has 0 radical (unpaired) electrons. The lowest BCUT2D eigenvalue weighted by molar-refractivity contribution is -0.385. The Morgan fingerprint density at radius 3 is 2.48 bits per heavy atom. The van der Waals surface area contributed by atoms with Crippen LogP contribution in [0, 0.1) is 17.0 Å². The monoisotopic (exact) mass is 635 g/mol. The highest BCUT2D eigenvalue weighted by Gasteiger charge is 2.36. The van der Waals surface area contributed by atoms with Crippen molar-refractivity contribution in [1.29, 1.82) is 0 Å². The van der Waals surface area contributed by atoms with Crippen molar-refractivity contribution in [3.63, 3.8) is 0 Å². The summed E-state index contributed by atoms with van der Waals surface area (Å²) in [6.07, 6.45) is -3.35. The molecule has 0 aliphatic carbocycles. The summed E-state index contributed by atoms with van der Waals surface area (Å²) in [6.45, 7) is 1.33. The second-order valence-electron chi connectivity index (χ2n) is 8.36. The molecule has 1 heterocycles. The van der Waals surface area contributed by atoms with Gasteiger partial charge in [0.2, 0.25) is 11.7 Å². The molecule has 3 aromatic rings. The van der Waals surface area contributed by atoms with Crippen LogP contribution in [0.25, 0.3) is 6.08 Å². The van der Waals surface area contributed by atoms with Gasteiger partial charge in [-0.1, -0.05) is 24.3 Å². The van der Waals surface area contributed by atoms with Crippen molar-refractivity contribution in [1.82, 2.24) is 4.90 Å². The van der Waals surface area contributed by atoms with Crippen LogP contribution < -0.4 is 10.1 Å². The Morgan fingerprint density at radius 2 is 1.82 bits per heavy atom. The highest BCUT2D eigenvalue weighted by atomic mass is 79.9. The number of carbonyl (C=O) groups is 3. The Morgan fingerprint density at radius 1 is 1.12 bits per heavy atom. The number of carbonyl (C=O) groups excluding carboxylic acids is 3. The van der Waals surface area contributed by atoms with Crippen LogP contribution in [0.1, 0.15) is 16.7 Å². The van der Waals surface area contributed by atoms with E-state index in [0.29, 0.717) is 35.1 Å². The van der Waals surface area contributed by atoms with Crippen molar-refractivity contribution in [2.75, 3.05) is 11.9 Å². The minimum atomic E-state index is -4.77. The second-order valence-corrected chi connectivity index (χ2v) is 10.2. The van der Waals surface area contributed by atoms with E-state index < -0.39 is 51.7 Å². The SMILES string of the molecule is Cc1ccccc1NC(=O)CN1C(=O)S/C(=C/c2ccc(Oc3ccc(C(F)(F)F)cc3[N+](=O)[O-])c(Br)c2)C1=O. The third-order valence-electron chi connectivity index (χ3n) is 5.55. The van der Waals surface area contributed by atoms with Crippen molar-refractivity contribution in [3.8, 4) is 11.5 Å². The molecule has 1 fully saturated rings. The fourth-order valence-corrected chi connectivity index (χ4v) is 4.88. The number of anilines is 1. The van der Waals surface area contributed by atoms with Crippen molar-refractivity contribution in [2.24, 2.45) is 0 Å². The van der Waals surface area contributed by atoms with Crippen LogP contribution >= 0.6 is 27.7 Å². The number of ether oxygens (including phenoxy) is 1. The van der Waals surface area contributed by atoms with Gasteiger partial charge in [-0.15, -0.1) is 0 Å². The number of benzene rings is 3. The smallest absolute Gasteiger partial charge is 0.416 e. The largest absolute Gasteiger partial charge is 0.449 e. The first-order valence-electron chi connectivity index (χ1n) is 11.3. The minimum Gasteiger partial charge on any atom is -0.449 e. The Balaban J connectivity index is 1.48. The Labute approximate surface area is 237 Å². The number of imide groups is 1. The van der Waals surface area contributed by atoms with E-state index in [2.05, 4.69) is 21.2 Å². The number of hydrogen-bond donors (Lipinski definition) is 1. The van der Waals surface area contributed by atoms with Crippen LogP contribution in [0.2, 0.25) is 0 Å². The van der Waals surface area contributed by atoms with E-state index in [1.165, 1.54) is 24.3 Å². The van der Waals surface area contributed by atoms with Crippen LogP contribution in [0.5, 0.6) is 11.5 Å². The summed E-state index contributed by atoms with van der Waals surface area (Å²) in [6, 6.07) is 13.3. The van der Waals surface area contributed by atoms with Crippen molar-refractivity contribution in [3.05, 3.63) is 96.8 Å². The lowest BCUT2D eigenvalue weighted by atomic mass is 10.1. The number of rotatable bonds is 7. The molecular weight excluding hydrogens is 619 g/mol. The van der Waals surface area contributed by atoms with Crippen molar-refractivity contribution >= 4 is 62.2 Å². The first-order valence-corrected chi connectivity index (χ1v) is 12.9. The van der Waals surface area contributed by atoms with Gasteiger partial charge >= 0.3 is 11.9 Å². The van der Waals surface area contributed by atoms with Crippen LogP contribution in [0.3, 0.4) is 0 Å². The fourth-order valence-electron chi connectivity index (χ4n) is 3.56. The van der Waals surface area contributed by atoms with Gasteiger partial charge in [-0.25, -0.2) is 0 Å². The first kappa shape index (κ1) is 28.8. The van der Waals surface area contributed by atoms with Crippen molar-refractivity contribution in [2.45, 2.75) is 13.1 Å². The fraction of sp³-hybridized carbons (Fsp3) is 0.115. The van der Waals surface area contributed by atoms with Gasteiger partial charge in [-0.05, 0) is 82.2 Å². The molecule has 1 saturated heterocycles. The standard InChI is InChI=1S/C26H17BrF3N3O6S/c1-14-4-2-3-5-18(14)31-23(34)13-32-24(35)22(40-25(32)36)11-15-6-8-20(17(27)10-15)39-21-9-7-16(26(28,29)30)12-19(21)33(37)38/h2-12H,13H2,1H3,(H,31,34)/b22-11+. The Kier molecular flexibility index (Phi) is 8.30. The van der Waals surface area contributed by atoms with E-state index in [-0.39, 0.29) is 15.1 Å². The normalized spacial score (nSPS) is 14.5. The van der Waals surface area contributed by atoms with Gasteiger partial charge in [0.25, 0.3) is 11.1 Å². The zero-order chi connectivity index (χ0) is 29.2. The van der Waals surface area contributed by atoms with Gasteiger partial charge in [0, 0.05) is 11.8 Å². The summed E-state index contributed by atoms with van der Waals surface area (Å²) in [5.41, 5.74) is -0.246. The lowest BCUT2D eigenvalue weighted by Crippen LogP contribution is -2.36. The quantitative estimate of drug-likeness (QED) is 0.166. The van der Waals surface area contributed by atoms with E-state index in [0.717, 1.165) is 16.5 Å². The second kappa shape index (κ2) is 11.5. The summed E-state index contributed by atoms with van der Waals surface area (Å²) in [7, 11) is 0. The maximum absolute atomic E-state index is 13.0. The molecule has 1 aliphatic rings. The molecule has 206 valence electrons. The molecule has 4 rings (SSSR count). The van der Waals surface area contributed by atoms with Gasteiger partial charge in [-0.2, -0.15) is 13.2 Å². The third-order valence-corrected chi connectivity index (χ3v) is 7.08. The van der Waals surface area contributed by atoms with Crippen molar-refractivity contribution < 1.29 is 37.2 Å². The van der Waals surface area contributed by atoms with Gasteiger partial charge in [0.05, 0.1) is 19.9 Å². The summed E-state index contributed by atoms with van der Waals surface area (Å²) in [4.78, 5) is 48.9. The van der Waals surface area contributed by atoms with Crippen LogP contribution in [-0.4, -0.2) is 33.4 Å². The molecule has 0 aromatic heterocycles. The molecule has 14 heteroatoms. The molecule has 0 saturated carbocycles. The highest BCUT2D eigenvalue weighted by Crippen LogP contribution is 2.40. The molecule has 0 bridgehead atoms. The predicted molar refractivity (Wildman–Crippen MR) is 145 cm³/mol. The lowest BCUT2D eigenvalue weighted by Gasteiger charge is -2.13. The summed E-state index contributed by atoms with van der Waals surface area (Å²) in [5.74, 6) is -1.55. The van der Waals surface area contributed by atoms with Crippen LogP contribution in [0.4, 0.5) is 29.3 Å². The third kappa shape index (κ3) is 6.51. The van der Waals surface area contributed by atoms with Gasteiger partial charge < -0.3 is 10.1 Å². The molecule has 40 heavy (non-hydrogen) atoms. The average Bonchev–Trinajstić information content (AvgIpc) is 3.13. The summed E-state index contributed by atoms with van der Waals surface area (Å²) in [5, 5.41) is 13.4. The highest BCUT2D eigenvalue weighted by molar-refractivity contribution is 9.10. The van der Waals surface area contributed by atoms with Gasteiger partial charge in [0.15, 0.2) is 0 Å². The predicted octanol–water partition coefficient (Wildman–Crippen LogP) is 7.15. The molecule has 1 N–H and O–H groups in total. The summed E-state index contributed by atoms with van der Waals surface area (Å²) >= 11 is 3.90. The zero-order valence-electron chi connectivity index (χ0n) is 20.3. The number of halogens is 4. The van der Waals surface area contributed by atoms with E-state index in [9.17, 15) is 37.7 Å². The molecule has 9 nitrogen and oxygen atoms in total. The molecule has 0 unspecified atom stereocenters. The maximum Gasteiger partial charge on any atom is 0.416 e. The van der Waals surface area contributed by atoms with Crippen LogP contribution in [-0.2, 0) is 15.8 Å². The summed E-state index contributed by atoms with van der Waals surface area (Å²) < 4.78 is 44.6. The number of nitro groups is 1. The van der Waals surface area contributed by atoms with Gasteiger partial charge in [0.1, 0.15) is 12.3 Å². The number of hydrogen-bond acceptors (Lipinski definition) is 7. The number of nitrogens with zero attached hydrogens (tertiary/aromatic N) is 2. The average molecular weight is 636 g/mol. The minimum absolute atomic E-state index is 0.0565. The van der Waals surface area contributed by atoms with E-state index >= 15 is 0 Å². The number of aryl methyl sites for hydroxylation is 1. The Hall–Kier alpha value is -4.17. The number of thioether (sulfide) groups is 1. The van der Waals surface area contributed by atoms with E-state index in [1.54, 1.807) is 25.1 Å². The van der Waals surface area contributed by atoms with Crippen LogP contribution in [0.15, 0.2) is 70.0 Å². The molecule has 0 spiro atoms.